The van der Waals surface area contributed by atoms with Crippen LogP contribution >= 0.6 is 0 Å². The third-order valence-corrected chi connectivity index (χ3v) is 3.72. The van der Waals surface area contributed by atoms with Crippen LogP contribution in [-0.4, -0.2) is 5.11 Å². The molecule has 0 aromatic heterocycles. The van der Waals surface area contributed by atoms with Crippen LogP contribution in [-0.2, 0) is 5.60 Å². The molecule has 0 spiro atoms. The second-order valence-electron chi connectivity index (χ2n) is 6.40. The van der Waals surface area contributed by atoms with Crippen molar-refractivity contribution in [1.82, 2.24) is 0 Å². The summed E-state index contributed by atoms with van der Waals surface area (Å²) in [5.41, 5.74) is -0.0423. The van der Waals surface area contributed by atoms with E-state index in [1.165, 1.54) is 12.1 Å². The number of benzene rings is 1. The normalized spacial score (nSPS) is 32.4. The Bertz CT molecular complexity index is 413. The van der Waals surface area contributed by atoms with E-state index in [9.17, 15) is 9.50 Å². The predicted octanol–water partition coefficient (Wildman–Crippen LogP) is 3.86. The van der Waals surface area contributed by atoms with Gasteiger partial charge in [0, 0.05) is 0 Å². The van der Waals surface area contributed by atoms with Gasteiger partial charge in [-0.2, -0.15) is 0 Å². The van der Waals surface area contributed by atoms with E-state index in [4.69, 9.17) is 0 Å². The van der Waals surface area contributed by atoms with E-state index < -0.39 is 5.60 Å². The molecule has 0 amide bonds. The predicted molar refractivity (Wildman–Crippen MR) is 67.1 cm³/mol. The highest BCUT2D eigenvalue weighted by molar-refractivity contribution is 5.24. The van der Waals surface area contributed by atoms with Gasteiger partial charge in [-0.25, -0.2) is 4.39 Å². The Labute approximate surface area is 103 Å². The Morgan fingerprint density at radius 2 is 2.00 bits per heavy atom. The lowest BCUT2D eigenvalue weighted by Gasteiger charge is -2.45. The monoisotopic (exact) mass is 236 g/mol. The van der Waals surface area contributed by atoms with Crippen LogP contribution in [0.15, 0.2) is 24.3 Å². The fraction of sp³-hybridized carbons (Fsp3) is 0.600. The van der Waals surface area contributed by atoms with E-state index in [-0.39, 0.29) is 11.2 Å². The van der Waals surface area contributed by atoms with Crippen molar-refractivity contribution in [2.24, 2.45) is 11.3 Å². The number of rotatable bonds is 1. The van der Waals surface area contributed by atoms with Gasteiger partial charge in [0.2, 0.25) is 0 Å². The van der Waals surface area contributed by atoms with E-state index in [2.05, 4.69) is 20.8 Å². The smallest absolute Gasteiger partial charge is 0.123 e. The summed E-state index contributed by atoms with van der Waals surface area (Å²) in [7, 11) is 0. The zero-order valence-corrected chi connectivity index (χ0v) is 10.8. The molecule has 2 atom stereocenters. The van der Waals surface area contributed by atoms with Crippen LogP contribution in [0.4, 0.5) is 4.39 Å². The molecule has 1 aliphatic rings. The van der Waals surface area contributed by atoms with Gasteiger partial charge in [0.1, 0.15) is 5.82 Å². The van der Waals surface area contributed by atoms with Crippen molar-refractivity contribution in [2.45, 2.75) is 45.6 Å². The molecule has 1 fully saturated rings. The summed E-state index contributed by atoms with van der Waals surface area (Å²) in [5, 5.41) is 10.8. The second kappa shape index (κ2) is 4.09. The Morgan fingerprint density at radius 3 is 2.59 bits per heavy atom. The Morgan fingerprint density at radius 1 is 1.29 bits per heavy atom. The summed E-state index contributed by atoms with van der Waals surface area (Å²) in [6.07, 6.45) is 2.54. The molecule has 2 unspecified atom stereocenters. The third kappa shape index (κ3) is 2.68. The minimum Gasteiger partial charge on any atom is -0.385 e. The molecular weight excluding hydrogens is 215 g/mol. The van der Waals surface area contributed by atoms with Crippen molar-refractivity contribution in [3.8, 4) is 0 Å². The maximum Gasteiger partial charge on any atom is 0.123 e. The van der Waals surface area contributed by atoms with Crippen molar-refractivity contribution in [1.29, 1.82) is 0 Å². The molecule has 2 heteroatoms. The van der Waals surface area contributed by atoms with E-state index in [0.717, 1.165) is 18.4 Å². The molecule has 0 saturated heterocycles. The number of hydrogen-bond acceptors (Lipinski definition) is 1. The van der Waals surface area contributed by atoms with Gasteiger partial charge in [-0.3, -0.25) is 0 Å². The number of aliphatic hydroxyl groups is 1. The van der Waals surface area contributed by atoms with Crippen molar-refractivity contribution in [3.63, 3.8) is 0 Å². The Hall–Kier alpha value is -0.890. The first-order chi connectivity index (χ1) is 7.81. The van der Waals surface area contributed by atoms with Crippen LogP contribution < -0.4 is 0 Å². The molecular formula is C15H21FO. The zero-order chi connectivity index (χ0) is 12.7. The first-order valence-corrected chi connectivity index (χ1v) is 6.29. The molecule has 94 valence electrons. The summed E-state index contributed by atoms with van der Waals surface area (Å²) >= 11 is 0. The third-order valence-electron chi connectivity index (χ3n) is 3.72. The Balaban J connectivity index is 2.35. The van der Waals surface area contributed by atoms with E-state index in [1.807, 2.05) is 6.07 Å². The van der Waals surface area contributed by atoms with Gasteiger partial charge < -0.3 is 5.11 Å². The minimum atomic E-state index is -0.872. The van der Waals surface area contributed by atoms with Crippen LogP contribution in [0.2, 0.25) is 0 Å². The number of hydrogen-bond donors (Lipinski definition) is 1. The highest BCUT2D eigenvalue weighted by Crippen LogP contribution is 2.48. The molecule has 1 saturated carbocycles. The lowest BCUT2D eigenvalue weighted by molar-refractivity contribution is -0.0637. The maximum atomic E-state index is 13.3. The van der Waals surface area contributed by atoms with Crippen molar-refractivity contribution < 1.29 is 9.50 Å². The van der Waals surface area contributed by atoms with Crippen LogP contribution in [0, 0.1) is 17.2 Å². The van der Waals surface area contributed by atoms with Gasteiger partial charge in [-0.1, -0.05) is 32.9 Å². The molecule has 1 N–H and O–H groups in total. The largest absolute Gasteiger partial charge is 0.385 e. The molecule has 0 bridgehead atoms. The van der Waals surface area contributed by atoms with E-state index in [1.54, 1.807) is 6.07 Å². The van der Waals surface area contributed by atoms with Crippen LogP contribution in [0.3, 0.4) is 0 Å². The van der Waals surface area contributed by atoms with Crippen LogP contribution in [0.5, 0.6) is 0 Å². The van der Waals surface area contributed by atoms with Gasteiger partial charge in [-0.05, 0) is 48.3 Å². The molecule has 1 nitrogen and oxygen atoms in total. The molecule has 1 aromatic carbocycles. The summed E-state index contributed by atoms with van der Waals surface area (Å²) in [6, 6.07) is 6.39. The van der Waals surface area contributed by atoms with Gasteiger partial charge in [0.15, 0.2) is 0 Å². The van der Waals surface area contributed by atoms with Crippen molar-refractivity contribution in [3.05, 3.63) is 35.6 Å². The highest BCUT2D eigenvalue weighted by Gasteiger charge is 2.42. The quantitative estimate of drug-likeness (QED) is 0.785. The highest BCUT2D eigenvalue weighted by atomic mass is 19.1. The number of halogens is 1. The molecule has 17 heavy (non-hydrogen) atoms. The van der Waals surface area contributed by atoms with Gasteiger partial charge in [0.25, 0.3) is 0 Å². The van der Waals surface area contributed by atoms with Gasteiger partial charge in [-0.15, -0.1) is 0 Å². The summed E-state index contributed by atoms with van der Waals surface area (Å²) in [4.78, 5) is 0. The average Bonchev–Trinajstić information content (AvgIpc) is 2.13. The standard InChI is InChI=1S/C15H21FO/c1-11-8-14(2,3)10-15(17,9-11)12-5-4-6-13(16)7-12/h4-7,11,17H,8-10H2,1-3H3. The molecule has 2 rings (SSSR count). The average molecular weight is 236 g/mol. The minimum absolute atomic E-state index is 0.110. The fourth-order valence-electron chi connectivity index (χ4n) is 3.53. The lowest BCUT2D eigenvalue weighted by Crippen LogP contribution is -2.40. The summed E-state index contributed by atoms with van der Waals surface area (Å²) in [6.45, 7) is 6.50. The zero-order valence-electron chi connectivity index (χ0n) is 10.8. The van der Waals surface area contributed by atoms with Crippen molar-refractivity contribution >= 4 is 0 Å². The van der Waals surface area contributed by atoms with Gasteiger partial charge in [0.05, 0.1) is 5.60 Å². The molecule has 0 aliphatic heterocycles. The van der Waals surface area contributed by atoms with Crippen molar-refractivity contribution in [2.75, 3.05) is 0 Å². The lowest BCUT2D eigenvalue weighted by atomic mass is 9.64. The topological polar surface area (TPSA) is 20.2 Å². The van der Waals surface area contributed by atoms with E-state index in [0.29, 0.717) is 12.3 Å². The second-order valence-corrected chi connectivity index (χ2v) is 6.40. The summed E-state index contributed by atoms with van der Waals surface area (Å²) in [5.74, 6) is 0.193. The first kappa shape index (κ1) is 12.6. The Kier molecular flexibility index (Phi) is 3.03. The molecule has 0 radical (unpaired) electrons. The molecule has 0 heterocycles. The first-order valence-electron chi connectivity index (χ1n) is 6.29. The fourth-order valence-corrected chi connectivity index (χ4v) is 3.53. The SMILES string of the molecule is CC1CC(C)(C)CC(O)(c2cccc(F)c2)C1. The molecule has 1 aromatic rings. The summed E-state index contributed by atoms with van der Waals surface area (Å²) < 4.78 is 13.3. The van der Waals surface area contributed by atoms with E-state index >= 15 is 0 Å². The van der Waals surface area contributed by atoms with Gasteiger partial charge >= 0.3 is 0 Å². The molecule has 1 aliphatic carbocycles. The van der Waals surface area contributed by atoms with Crippen LogP contribution in [0.25, 0.3) is 0 Å². The van der Waals surface area contributed by atoms with Crippen LogP contribution in [0.1, 0.15) is 45.6 Å². The maximum absolute atomic E-state index is 13.3.